The molecule has 7 atom stereocenters. The third-order valence-electron chi connectivity index (χ3n) is 12.9. The van der Waals surface area contributed by atoms with E-state index in [-0.39, 0.29) is 127 Å². The van der Waals surface area contributed by atoms with Gasteiger partial charge in [0.2, 0.25) is 35.4 Å². The molecule has 0 bridgehead atoms. The topological polar surface area (TPSA) is 436 Å². The molecule has 1 fully saturated rings. The molecule has 20 N–H and O–H groups in total. The number of nitrogens with one attached hydrogen (secondary N) is 6. The molecule has 1 aliphatic rings. The Labute approximate surface area is 435 Å². The van der Waals surface area contributed by atoms with Crippen LogP contribution in [0.3, 0.4) is 0 Å². The summed E-state index contributed by atoms with van der Waals surface area (Å²) < 4.78 is 0. The van der Waals surface area contributed by atoms with Gasteiger partial charge in [-0.25, -0.2) is 0 Å². The number of fused-ring (bicyclic) bond motifs is 1. The fourth-order valence-electron chi connectivity index (χ4n) is 8.89. The van der Waals surface area contributed by atoms with Crippen molar-refractivity contribution in [1.82, 2.24) is 31.6 Å². The normalized spacial score (nSPS) is 21.4. The monoisotopic (exact) mass is 1040 g/mol. The van der Waals surface area contributed by atoms with Crippen LogP contribution in [0, 0.1) is 11.8 Å². The summed E-state index contributed by atoms with van der Waals surface area (Å²) in [6.07, 6.45) is 1.66. The molecule has 2 aromatic carbocycles. The predicted molar refractivity (Wildman–Crippen MR) is 284 cm³/mol. The third kappa shape index (κ3) is 20.5. The van der Waals surface area contributed by atoms with E-state index >= 15 is 0 Å². The minimum Gasteiger partial charge on any atom is -0.399 e. The SMILES string of the molecule is CC(=O)N[C@@H](CCCN=C(N)N)C(=O)N[C@H]1CCC(=O)CCCC[C@@H](C(N)=O)NC(=O)[C@H](Cc2c[nH]c3ccccc23)CC(=O)[C@H](CCCN=C(N)N)CC(=O)[C@@H](Cc2ccc(N)cc2)NC(=O)[C@H](CCN)NC1=O. The molecule has 1 saturated heterocycles. The van der Waals surface area contributed by atoms with Gasteiger partial charge >= 0.3 is 0 Å². The fraction of sp³-hybridized carbons (Fsp3) is 0.510. The molecular weight excluding hydrogens is 967 g/mol. The van der Waals surface area contributed by atoms with Crippen molar-refractivity contribution in [2.24, 2.45) is 56.2 Å². The summed E-state index contributed by atoms with van der Waals surface area (Å²) in [5, 5.41) is 14.2. The number of H-pyrrole nitrogens is 1. The van der Waals surface area contributed by atoms with Crippen LogP contribution in [-0.2, 0) is 56.0 Å². The van der Waals surface area contributed by atoms with Crippen molar-refractivity contribution in [1.29, 1.82) is 0 Å². The third-order valence-corrected chi connectivity index (χ3v) is 12.9. The highest BCUT2D eigenvalue weighted by Gasteiger charge is 2.35. The van der Waals surface area contributed by atoms with Gasteiger partial charge in [-0.05, 0) is 100 Å². The van der Waals surface area contributed by atoms with E-state index in [4.69, 9.17) is 40.1 Å². The number of nitrogen functional groups attached to an aromatic ring is 1. The first kappa shape index (κ1) is 59.7. The van der Waals surface area contributed by atoms with Crippen molar-refractivity contribution in [2.45, 2.75) is 133 Å². The molecule has 1 aliphatic heterocycles. The Hall–Kier alpha value is -7.89. The van der Waals surface area contributed by atoms with Crippen molar-refractivity contribution in [3.63, 3.8) is 0 Å². The summed E-state index contributed by atoms with van der Waals surface area (Å²) in [4.78, 5) is 136. The number of rotatable bonds is 18. The number of hydrogen-bond acceptors (Lipinski definition) is 13. The van der Waals surface area contributed by atoms with Gasteiger partial charge in [0.15, 0.2) is 17.7 Å². The molecule has 4 rings (SSSR count). The van der Waals surface area contributed by atoms with Gasteiger partial charge < -0.3 is 71.7 Å². The van der Waals surface area contributed by atoms with Gasteiger partial charge in [0.1, 0.15) is 35.7 Å². The second-order valence-corrected chi connectivity index (χ2v) is 18.9. The van der Waals surface area contributed by atoms with Gasteiger partial charge in [0.25, 0.3) is 0 Å². The molecule has 24 heteroatoms. The van der Waals surface area contributed by atoms with Gasteiger partial charge in [-0.3, -0.25) is 53.1 Å². The summed E-state index contributed by atoms with van der Waals surface area (Å²) in [5.41, 5.74) is 42.4. The molecule has 0 radical (unpaired) electrons. The van der Waals surface area contributed by atoms with Crippen LogP contribution in [0.1, 0.15) is 102 Å². The molecule has 1 aromatic heterocycles. The van der Waals surface area contributed by atoms with Gasteiger partial charge in [-0.1, -0.05) is 36.8 Å². The Morgan fingerprint density at radius 2 is 1.39 bits per heavy atom. The maximum Gasteiger partial charge on any atom is 0.243 e. The van der Waals surface area contributed by atoms with E-state index in [0.29, 0.717) is 11.3 Å². The Kier molecular flexibility index (Phi) is 24.1. The molecular formula is C51H75N15O9. The lowest BCUT2D eigenvalue weighted by Gasteiger charge is -2.27. The number of primary amides is 1. The number of aromatic amines is 1. The number of nitrogens with two attached hydrogens (primary N) is 7. The van der Waals surface area contributed by atoms with E-state index in [0.717, 1.165) is 16.5 Å². The average Bonchev–Trinajstić information content (AvgIpc) is 3.77. The Morgan fingerprint density at radius 3 is 2.05 bits per heavy atom. The molecule has 0 spiro atoms. The van der Waals surface area contributed by atoms with Crippen LogP contribution in [0.2, 0.25) is 0 Å². The quantitative estimate of drug-likeness (QED) is 0.0314. The van der Waals surface area contributed by atoms with E-state index < -0.39 is 95.5 Å². The number of carbonyl (C=O) groups is 9. The van der Waals surface area contributed by atoms with E-state index in [1.807, 2.05) is 24.3 Å². The zero-order valence-electron chi connectivity index (χ0n) is 42.6. The number of hydrogen-bond donors (Lipinski definition) is 13. The number of anilines is 1. The summed E-state index contributed by atoms with van der Waals surface area (Å²) >= 11 is 0. The van der Waals surface area contributed by atoms with Crippen molar-refractivity contribution in [3.05, 3.63) is 65.9 Å². The average molecular weight is 1040 g/mol. The van der Waals surface area contributed by atoms with Gasteiger partial charge in [-0.2, -0.15) is 0 Å². The van der Waals surface area contributed by atoms with E-state index in [9.17, 15) is 43.2 Å². The molecule has 408 valence electrons. The van der Waals surface area contributed by atoms with Crippen LogP contribution >= 0.6 is 0 Å². The predicted octanol–water partition coefficient (Wildman–Crippen LogP) is -1.01. The number of ketones is 3. The first-order valence-corrected chi connectivity index (χ1v) is 25.3. The first-order valence-electron chi connectivity index (χ1n) is 25.3. The number of benzene rings is 2. The standard InChI is InChI=1S/C51H75N15O9/c1-29(67)62-39(13-7-23-60-51(57)58)47(73)64-40-19-18-35(68)9-2-4-12-38(45(54)71)63-46(72)32(25-33-28-61-37-11-5-3-10-36(33)37)27-43(69)31(8-6-22-59-50(55)56)26-44(70)42(24-30-14-16-34(53)17-15-30)66-49(75)41(20-21-52)65-48(40)74/h3,5,10-11,14-17,28,31-32,38-42,61H,2,4,6-9,12-13,18-27,52-53H2,1H3,(H2,54,71)(H,62,67)(H,63,72)(H,64,73)(H,65,74)(H,66,75)(H4,55,56,59)(H4,57,58,60)/t31-,32-,38+,39+,40+,41+,42-/m1/s1. The summed E-state index contributed by atoms with van der Waals surface area (Å²) in [6, 6.07) is 7.61. The number of nitrogens with zero attached hydrogens (tertiary/aromatic N) is 2. The first-order chi connectivity index (χ1) is 35.7. The molecule has 0 unspecified atom stereocenters. The lowest BCUT2D eigenvalue weighted by atomic mass is 9.83. The zero-order chi connectivity index (χ0) is 55.0. The van der Waals surface area contributed by atoms with Crippen LogP contribution in [-0.4, -0.2) is 120 Å². The maximum atomic E-state index is 14.7. The van der Waals surface area contributed by atoms with Crippen molar-refractivity contribution in [3.8, 4) is 0 Å². The Bertz CT molecular complexity index is 2520. The van der Waals surface area contributed by atoms with E-state index in [2.05, 4.69) is 41.6 Å². The van der Waals surface area contributed by atoms with Gasteiger partial charge in [0.05, 0.1) is 6.04 Å². The number of guanidine groups is 2. The van der Waals surface area contributed by atoms with Crippen LogP contribution in [0.15, 0.2) is 64.7 Å². The molecule has 24 nitrogen and oxygen atoms in total. The van der Waals surface area contributed by atoms with E-state index in [1.165, 1.54) is 6.92 Å². The lowest BCUT2D eigenvalue weighted by Crippen LogP contribution is -2.58. The van der Waals surface area contributed by atoms with Gasteiger partial charge in [0, 0.05) is 80.3 Å². The Balaban J connectivity index is 1.77. The highest BCUT2D eigenvalue weighted by molar-refractivity contribution is 5.98. The fourth-order valence-corrected chi connectivity index (χ4v) is 8.89. The number of aromatic nitrogens is 1. The van der Waals surface area contributed by atoms with E-state index in [1.54, 1.807) is 30.5 Å². The highest BCUT2D eigenvalue weighted by atomic mass is 16.2. The molecule has 0 aliphatic carbocycles. The minimum absolute atomic E-state index is 0.00901. The van der Waals surface area contributed by atoms with Crippen LogP contribution in [0.25, 0.3) is 10.9 Å². The zero-order valence-corrected chi connectivity index (χ0v) is 42.6. The molecule has 2 heterocycles. The Morgan fingerprint density at radius 1 is 0.720 bits per heavy atom. The van der Waals surface area contributed by atoms with Crippen LogP contribution < -0.4 is 66.7 Å². The molecule has 0 saturated carbocycles. The summed E-state index contributed by atoms with van der Waals surface area (Å²) in [6.45, 7) is 1.36. The van der Waals surface area contributed by atoms with Crippen molar-refractivity contribution >= 4 is 81.3 Å². The number of para-hydroxylation sites is 1. The van der Waals surface area contributed by atoms with Gasteiger partial charge in [-0.15, -0.1) is 0 Å². The second-order valence-electron chi connectivity index (χ2n) is 18.9. The number of Topliss-reactive ketones (excluding diaryl/α,β-unsaturated/α-hetero) is 3. The minimum atomic E-state index is -1.42. The van der Waals surface area contributed by atoms with Crippen LogP contribution in [0.4, 0.5) is 5.69 Å². The summed E-state index contributed by atoms with van der Waals surface area (Å²) in [7, 11) is 0. The molecule has 75 heavy (non-hydrogen) atoms. The summed E-state index contributed by atoms with van der Waals surface area (Å²) in [5.74, 6) is -8.15. The highest BCUT2D eigenvalue weighted by Crippen LogP contribution is 2.26. The van der Waals surface area contributed by atoms with Crippen LogP contribution in [0.5, 0.6) is 0 Å². The largest absolute Gasteiger partial charge is 0.399 e. The smallest absolute Gasteiger partial charge is 0.243 e. The molecule has 3 aromatic rings. The lowest BCUT2D eigenvalue weighted by molar-refractivity contribution is -0.135. The number of carbonyl (C=O) groups excluding carboxylic acids is 9. The second kappa shape index (κ2) is 30.3. The van der Waals surface area contributed by atoms with Crippen molar-refractivity contribution in [2.75, 3.05) is 25.4 Å². The molecule has 6 amide bonds. The maximum absolute atomic E-state index is 14.7. The number of amides is 6. The van der Waals surface area contributed by atoms with Crippen molar-refractivity contribution < 1.29 is 43.2 Å². The number of aliphatic imine (C=N–C) groups is 2.